The van der Waals surface area contributed by atoms with Gasteiger partial charge in [0.25, 0.3) is 5.91 Å². The number of aliphatic hydroxyl groups excluding tert-OH is 2. The number of halogens is 3. The van der Waals surface area contributed by atoms with Crippen molar-refractivity contribution in [3.8, 4) is 17.0 Å². The van der Waals surface area contributed by atoms with Crippen LogP contribution in [0.4, 0.5) is 24.7 Å². The van der Waals surface area contributed by atoms with E-state index in [0.29, 0.717) is 80.4 Å². The van der Waals surface area contributed by atoms with Gasteiger partial charge in [0, 0.05) is 36.0 Å². The minimum atomic E-state index is -4.77. The van der Waals surface area contributed by atoms with E-state index < -0.39 is 18.6 Å². The number of amides is 1. The third-order valence-electron chi connectivity index (χ3n) is 8.11. The van der Waals surface area contributed by atoms with E-state index >= 15 is 0 Å². The zero-order chi connectivity index (χ0) is 32.5. The number of benzene rings is 2. The van der Waals surface area contributed by atoms with E-state index in [9.17, 15) is 28.2 Å². The maximum absolute atomic E-state index is 12.7. The maximum Gasteiger partial charge on any atom is 0.573 e. The molecule has 14 heteroatoms. The van der Waals surface area contributed by atoms with Crippen LogP contribution in [0.3, 0.4) is 0 Å². The lowest BCUT2D eigenvalue weighted by atomic mass is 9.86. The Morgan fingerprint density at radius 3 is 2.35 bits per heavy atom. The Labute approximate surface area is 264 Å². The first-order chi connectivity index (χ1) is 22.2. The van der Waals surface area contributed by atoms with Crippen molar-refractivity contribution in [2.45, 2.75) is 31.4 Å². The molecule has 2 aromatic carbocycles. The van der Waals surface area contributed by atoms with E-state index in [0.717, 1.165) is 12.8 Å². The van der Waals surface area contributed by atoms with E-state index in [4.69, 9.17) is 14.2 Å². The number of nitrogens with one attached hydrogen (secondary N) is 2. The summed E-state index contributed by atoms with van der Waals surface area (Å²) in [5.74, 6) is 0.416. The number of carbonyl (C=O) groups excluding carboxylic acids is 1. The lowest BCUT2D eigenvalue weighted by molar-refractivity contribution is -0.274. The predicted octanol–water partition coefficient (Wildman–Crippen LogP) is 3.94. The van der Waals surface area contributed by atoms with Gasteiger partial charge < -0.3 is 39.8 Å². The monoisotopic (exact) mass is 646 g/mol. The Kier molecular flexibility index (Phi) is 11.4. The average molecular weight is 647 g/mol. The number of nitrogens with zero attached hydrogens (tertiary/aromatic N) is 2. The number of rotatable bonds is 16. The number of alkyl halides is 3. The SMILES string of the molecule is O=C(NCCOCCOCCOC[C@H]1C[C@@H]2C[C@@H]1[C@@H](O)[C@H]2O)c1cccc(-c2cc(Nc3ccc(OC(F)(F)F)cc3)ncn2)c1. The molecule has 2 saturated carbocycles. The number of carbonyl (C=O) groups is 1. The van der Waals surface area contributed by atoms with Crippen molar-refractivity contribution in [1.29, 1.82) is 0 Å². The smallest absolute Gasteiger partial charge is 0.406 e. The van der Waals surface area contributed by atoms with Crippen molar-refractivity contribution in [2.75, 3.05) is 51.5 Å². The van der Waals surface area contributed by atoms with Gasteiger partial charge in [-0.15, -0.1) is 13.2 Å². The Morgan fingerprint density at radius 1 is 0.891 bits per heavy atom. The number of aromatic nitrogens is 2. The van der Waals surface area contributed by atoms with Gasteiger partial charge in [0.15, 0.2) is 0 Å². The minimum Gasteiger partial charge on any atom is -0.406 e. The third kappa shape index (κ3) is 9.36. The summed E-state index contributed by atoms with van der Waals surface area (Å²) in [6, 6.07) is 13.8. The number of aliphatic hydroxyl groups is 2. The molecule has 2 aliphatic carbocycles. The van der Waals surface area contributed by atoms with Crippen LogP contribution >= 0.6 is 0 Å². The molecule has 0 aliphatic heterocycles. The number of ether oxygens (including phenoxy) is 4. The summed E-state index contributed by atoms with van der Waals surface area (Å²) in [4.78, 5) is 21.1. The van der Waals surface area contributed by atoms with E-state index in [1.807, 2.05) is 0 Å². The second-order valence-corrected chi connectivity index (χ2v) is 11.3. The van der Waals surface area contributed by atoms with Gasteiger partial charge in [0.1, 0.15) is 17.9 Å². The van der Waals surface area contributed by atoms with E-state index in [-0.39, 0.29) is 23.5 Å². The molecule has 1 heterocycles. The lowest BCUT2D eigenvalue weighted by Gasteiger charge is -2.29. The van der Waals surface area contributed by atoms with Gasteiger partial charge in [-0.25, -0.2) is 9.97 Å². The molecule has 5 atom stereocenters. The van der Waals surface area contributed by atoms with E-state index in [1.165, 1.54) is 30.6 Å². The van der Waals surface area contributed by atoms with Gasteiger partial charge in [0.05, 0.1) is 50.9 Å². The molecular weight excluding hydrogens is 609 g/mol. The fourth-order valence-corrected chi connectivity index (χ4v) is 5.93. The Morgan fingerprint density at radius 2 is 1.63 bits per heavy atom. The second kappa shape index (κ2) is 15.6. The van der Waals surface area contributed by atoms with Gasteiger partial charge >= 0.3 is 6.36 Å². The molecule has 2 aliphatic rings. The molecule has 1 aromatic heterocycles. The minimum absolute atomic E-state index is 0.128. The molecule has 2 bridgehead atoms. The fraction of sp³-hybridized carbons (Fsp3) is 0.469. The van der Waals surface area contributed by atoms with Crippen LogP contribution in [-0.2, 0) is 14.2 Å². The summed E-state index contributed by atoms with van der Waals surface area (Å²) in [5.41, 5.74) is 2.16. The summed E-state index contributed by atoms with van der Waals surface area (Å²) in [5, 5.41) is 25.7. The molecule has 0 unspecified atom stereocenters. The molecule has 2 fully saturated rings. The van der Waals surface area contributed by atoms with Crippen LogP contribution in [0.25, 0.3) is 11.3 Å². The van der Waals surface area contributed by atoms with Crippen molar-refractivity contribution in [2.24, 2.45) is 17.8 Å². The fourth-order valence-electron chi connectivity index (χ4n) is 5.93. The Hall–Kier alpha value is -3.82. The molecule has 0 saturated heterocycles. The van der Waals surface area contributed by atoms with Crippen LogP contribution in [0.15, 0.2) is 60.9 Å². The molecular formula is C32H37F3N4O7. The normalized spacial score (nSPS) is 22.2. The first kappa shape index (κ1) is 33.5. The molecule has 46 heavy (non-hydrogen) atoms. The van der Waals surface area contributed by atoms with E-state index in [1.54, 1.807) is 30.3 Å². The molecule has 0 spiro atoms. The van der Waals surface area contributed by atoms with Crippen LogP contribution in [-0.4, -0.2) is 90.8 Å². The highest BCUT2D eigenvalue weighted by atomic mass is 19.4. The summed E-state index contributed by atoms with van der Waals surface area (Å²) < 4.78 is 57.8. The largest absolute Gasteiger partial charge is 0.573 e. The maximum atomic E-state index is 12.7. The zero-order valence-corrected chi connectivity index (χ0v) is 25.0. The summed E-state index contributed by atoms with van der Waals surface area (Å²) >= 11 is 0. The third-order valence-corrected chi connectivity index (χ3v) is 8.11. The van der Waals surface area contributed by atoms with Crippen LogP contribution in [0.1, 0.15) is 23.2 Å². The quantitative estimate of drug-likeness (QED) is 0.169. The van der Waals surface area contributed by atoms with Crippen molar-refractivity contribution >= 4 is 17.4 Å². The molecule has 1 amide bonds. The van der Waals surface area contributed by atoms with Crippen LogP contribution in [0.5, 0.6) is 5.75 Å². The van der Waals surface area contributed by atoms with Crippen molar-refractivity contribution in [1.82, 2.24) is 15.3 Å². The summed E-state index contributed by atoms with van der Waals surface area (Å²) in [6.45, 7) is 2.84. The summed E-state index contributed by atoms with van der Waals surface area (Å²) in [7, 11) is 0. The first-order valence-electron chi connectivity index (χ1n) is 15.1. The highest BCUT2D eigenvalue weighted by Gasteiger charge is 2.51. The Balaban J connectivity index is 0.962. The lowest BCUT2D eigenvalue weighted by Crippen LogP contribution is -2.38. The molecule has 248 valence electrons. The Bertz CT molecular complexity index is 1430. The number of fused-ring (bicyclic) bond motifs is 2. The zero-order valence-electron chi connectivity index (χ0n) is 25.0. The number of anilines is 2. The van der Waals surface area contributed by atoms with Crippen LogP contribution < -0.4 is 15.4 Å². The van der Waals surface area contributed by atoms with Gasteiger partial charge in [-0.05, 0) is 67.0 Å². The standard InChI is InChI=1S/C32H37F3N4O7/c33-32(34,35)46-25-6-4-24(5-7-25)39-28-17-27(37-19-38-28)20-2-1-3-21(14-20)31(42)36-8-9-43-10-11-44-12-13-45-18-23-15-22-16-26(23)30(41)29(22)40/h1-7,14,17,19,22-23,26,29-30,40-41H,8-13,15-16,18H2,(H,36,42)(H,37,38,39)/t22-,23-,26+,29+,30-/m1/s1. The predicted molar refractivity (Wildman–Crippen MR) is 160 cm³/mol. The highest BCUT2D eigenvalue weighted by Crippen LogP contribution is 2.48. The summed E-state index contributed by atoms with van der Waals surface area (Å²) in [6.07, 6.45) is -2.87. The van der Waals surface area contributed by atoms with Crippen LogP contribution in [0.2, 0.25) is 0 Å². The highest BCUT2D eigenvalue weighted by molar-refractivity contribution is 5.95. The van der Waals surface area contributed by atoms with Crippen molar-refractivity contribution in [3.63, 3.8) is 0 Å². The van der Waals surface area contributed by atoms with Gasteiger partial charge in [0.2, 0.25) is 0 Å². The first-order valence-corrected chi connectivity index (χ1v) is 15.1. The van der Waals surface area contributed by atoms with Gasteiger partial charge in [-0.1, -0.05) is 12.1 Å². The topological polar surface area (TPSA) is 144 Å². The van der Waals surface area contributed by atoms with Gasteiger partial charge in [-0.2, -0.15) is 0 Å². The molecule has 0 radical (unpaired) electrons. The number of hydrogen-bond donors (Lipinski definition) is 4. The molecule has 4 N–H and O–H groups in total. The molecule has 5 rings (SSSR count). The van der Waals surface area contributed by atoms with E-state index in [2.05, 4.69) is 25.3 Å². The average Bonchev–Trinajstić information content (AvgIpc) is 3.58. The van der Waals surface area contributed by atoms with Crippen molar-refractivity contribution in [3.05, 3.63) is 66.5 Å². The van der Waals surface area contributed by atoms with Gasteiger partial charge in [-0.3, -0.25) is 4.79 Å². The number of hydrogen-bond acceptors (Lipinski definition) is 10. The molecule has 11 nitrogen and oxygen atoms in total. The molecule has 3 aromatic rings. The second-order valence-electron chi connectivity index (χ2n) is 11.3. The van der Waals surface area contributed by atoms with Crippen molar-refractivity contribution < 1.29 is 47.1 Å². The van der Waals surface area contributed by atoms with Crippen LogP contribution in [0, 0.1) is 17.8 Å².